The van der Waals surface area contributed by atoms with Gasteiger partial charge >= 0.3 is 0 Å². The molecular weight excluding hydrogens is 270 g/mol. The van der Waals surface area contributed by atoms with Gasteiger partial charge in [0, 0.05) is 13.1 Å². The van der Waals surface area contributed by atoms with Gasteiger partial charge in [0.2, 0.25) is 0 Å². The molecule has 1 aliphatic carbocycles. The summed E-state index contributed by atoms with van der Waals surface area (Å²) < 4.78 is 0. The van der Waals surface area contributed by atoms with Crippen LogP contribution in [0, 0.1) is 11.8 Å². The Morgan fingerprint density at radius 2 is 1.85 bits per heavy atom. The molecular formula is C17H26ClNO. The minimum absolute atomic E-state index is 0. The molecule has 1 saturated heterocycles. The number of halogens is 1. The molecule has 112 valence electrons. The van der Waals surface area contributed by atoms with Crippen LogP contribution in [0.5, 0.6) is 0 Å². The molecule has 0 aromatic heterocycles. The lowest BCUT2D eigenvalue weighted by atomic mass is 10.0. The molecule has 3 unspecified atom stereocenters. The second-order valence-corrected chi connectivity index (χ2v) is 6.35. The van der Waals surface area contributed by atoms with Crippen molar-refractivity contribution in [2.75, 3.05) is 19.6 Å². The molecule has 1 heterocycles. The fourth-order valence-corrected chi connectivity index (χ4v) is 3.78. The summed E-state index contributed by atoms with van der Waals surface area (Å²) in [5.74, 6) is 1.93. The second kappa shape index (κ2) is 7.44. The zero-order valence-electron chi connectivity index (χ0n) is 12.1. The largest absolute Gasteiger partial charge is 0.388 e. The number of rotatable bonds is 4. The fraction of sp³-hybridized carbons (Fsp3) is 0.647. The van der Waals surface area contributed by atoms with Crippen LogP contribution >= 0.6 is 12.4 Å². The smallest absolute Gasteiger partial charge is 0.0802 e. The summed E-state index contributed by atoms with van der Waals surface area (Å²) in [6, 6.07) is 10.1. The van der Waals surface area contributed by atoms with E-state index >= 15 is 0 Å². The van der Waals surface area contributed by atoms with Gasteiger partial charge in [-0.15, -0.1) is 12.4 Å². The number of aliphatic hydroxyl groups excluding tert-OH is 1. The molecule has 3 rings (SSSR count). The molecule has 20 heavy (non-hydrogen) atoms. The third-order valence-electron chi connectivity index (χ3n) is 4.92. The predicted molar refractivity (Wildman–Crippen MR) is 85.2 cm³/mol. The Morgan fingerprint density at radius 3 is 2.65 bits per heavy atom. The lowest BCUT2D eigenvalue weighted by molar-refractivity contribution is 0.136. The highest BCUT2D eigenvalue weighted by molar-refractivity contribution is 5.85. The van der Waals surface area contributed by atoms with Crippen LogP contribution < -0.4 is 0 Å². The third kappa shape index (κ3) is 3.97. The van der Waals surface area contributed by atoms with Gasteiger partial charge in [-0.05, 0) is 49.6 Å². The summed E-state index contributed by atoms with van der Waals surface area (Å²) >= 11 is 0. The van der Waals surface area contributed by atoms with Crippen LogP contribution in [0.2, 0.25) is 0 Å². The topological polar surface area (TPSA) is 23.5 Å². The van der Waals surface area contributed by atoms with Crippen LogP contribution in [0.4, 0.5) is 0 Å². The normalized spacial score (nSPS) is 27.6. The third-order valence-corrected chi connectivity index (χ3v) is 4.92. The Balaban J connectivity index is 0.00000147. The lowest BCUT2D eigenvalue weighted by Gasteiger charge is -2.25. The summed E-state index contributed by atoms with van der Waals surface area (Å²) in [7, 11) is 0. The quantitative estimate of drug-likeness (QED) is 0.916. The highest BCUT2D eigenvalue weighted by Crippen LogP contribution is 2.36. The zero-order chi connectivity index (χ0) is 13.1. The van der Waals surface area contributed by atoms with Gasteiger partial charge in [0.05, 0.1) is 6.10 Å². The van der Waals surface area contributed by atoms with Crippen molar-refractivity contribution in [3.63, 3.8) is 0 Å². The number of fused-ring (bicyclic) bond motifs is 2. The summed E-state index contributed by atoms with van der Waals surface area (Å²) in [4.78, 5) is 2.58. The van der Waals surface area contributed by atoms with E-state index in [0.717, 1.165) is 30.4 Å². The Hall–Kier alpha value is -0.570. The van der Waals surface area contributed by atoms with Gasteiger partial charge in [-0.25, -0.2) is 0 Å². The SMILES string of the molecule is Cl.OC(CCN1CCC2CCC(C2)C1)c1ccccc1. The van der Waals surface area contributed by atoms with Crippen LogP contribution in [0.1, 0.15) is 43.8 Å². The van der Waals surface area contributed by atoms with Crippen LogP contribution in [-0.2, 0) is 0 Å². The van der Waals surface area contributed by atoms with Crippen molar-refractivity contribution in [1.29, 1.82) is 0 Å². The fourth-order valence-electron chi connectivity index (χ4n) is 3.78. The highest BCUT2D eigenvalue weighted by atomic mass is 35.5. The molecule has 2 bridgehead atoms. The summed E-state index contributed by atoms with van der Waals surface area (Å²) in [6.45, 7) is 3.54. The number of likely N-dealkylation sites (tertiary alicyclic amines) is 1. The van der Waals surface area contributed by atoms with Crippen LogP contribution in [-0.4, -0.2) is 29.6 Å². The molecule has 1 aromatic carbocycles. The molecule has 1 saturated carbocycles. The molecule has 3 heteroatoms. The van der Waals surface area contributed by atoms with Crippen molar-refractivity contribution >= 4 is 12.4 Å². The van der Waals surface area contributed by atoms with Gasteiger partial charge in [-0.3, -0.25) is 0 Å². The van der Waals surface area contributed by atoms with Gasteiger partial charge in [0.15, 0.2) is 0 Å². The Bertz CT molecular complexity index is 397. The monoisotopic (exact) mass is 295 g/mol. The molecule has 1 N–H and O–H groups in total. The molecule has 2 nitrogen and oxygen atoms in total. The first-order chi connectivity index (χ1) is 9.31. The van der Waals surface area contributed by atoms with Gasteiger partial charge in [-0.2, -0.15) is 0 Å². The zero-order valence-corrected chi connectivity index (χ0v) is 12.9. The molecule has 3 atom stereocenters. The molecule has 0 amide bonds. The number of hydrogen-bond donors (Lipinski definition) is 1. The molecule has 2 fully saturated rings. The van der Waals surface area contributed by atoms with Crippen LogP contribution in [0.25, 0.3) is 0 Å². The van der Waals surface area contributed by atoms with Gasteiger partial charge in [0.1, 0.15) is 0 Å². The standard InChI is InChI=1S/C17H25NO.ClH/c19-17(16-4-2-1-3-5-16)9-11-18-10-8-14-6-7-15(12-14)13-18;/h1-5,14-15,17,19H,6-13H2;1H. The first-order valence-corrected chi connectivity index (χ1v) is 7.76. The van der Waals surface area contributed by atoms with Crippen molar-refractivity contribution < 1.29 is 5.11 Å². The molecule has 0 spiro atoms. The van der Waals surface area contributed by atoms with E-state index in [1.54, 1.807) is 0 Å². The van der Waals surface area contributed by atoms with Crippen molar-refractivity contribution in [2.45, 2.75) is 38.2 Å². The van der Waals surface area contributed by atoms with Gasteiger partial charge < -0.3 is 10.0 Å². The van der Waals surface area contributed by atoms with E-state index in [9.17, 15) is 5.11 Å². The number of benzene rings is 1. The summed E-state index contributed by atoms with van der Waals surface area (Å²) in [6.07, 6.45) is 6.28. The van der Waals surface area contributed by atoms with E-state index in [-0.39, 0.29) is 18.5 Å². The predicted octanol–water partition coefficient (Wildman–Crippen LogP) is 3.65. The van der Waals surface area contributed by atoms with Crippen molar-refractivity contribution in [3.05, 3.63) is 35.9 Å². The first-order valence-electron chi connectivity index (χ1n) is 7.76. The van der Waals surface area contributed by atoms with E-state index in [1.807, 2.05) is 30.3 Å². The lowest BCUT2D eigenvalue weighted by Crippen LogP contribution is -2.30. The van der Waals surface area contributed by atoms with Crippen LogP contribution in [0.3, 0.4) is 0 Å². The number of nitrogens with zero attached hydrogens (tertiary/aromatic N) is 1. The maximum absolute atomic E-state index is 10.2. The Labute approximate surface area is 128 Å². The molecule has 0 radical (unpaired) electrons. The van der Waals surface area contributed by atoms with Gasteiger partial charge in [0.25, 0.3) is 0 Å². The van der Waals surface area contributed by atoms with Crippen molar-refractivity contribution in [1.82, 2.24) is 4.90 Å². The average Bonchev–Trinajstić information content (AvgIpc) is 2.78. The summed E-state index contributed by atoms with van der Waals surface area (Å²) in [5.41, 5.74) is 1.05. The van der Waals surface area contributed by atoms with Crippen molar-refractivity contribution in [3.8, 4) is 0 Å². The molecule has 1 aliphatic heterocycles. The summed E-state index contributed by atoms with van der Waals surface area (Å²) in [5, 5.41) is 10.2. The van der Waals surface area contributed by atoms with E-state index in [0.29, 0.717) is 0 Å². The Kier molecular flexibility index (Phi) is 5.88. The van der Waals surface area contributed by atoms with E-state index in [2.05, 4.69) is 4.90 Å². The molecule has 2 aliphatic rings. The van der Waals surface area contributed by atoms with E-state index in [1.165, 1.54) is 38.8 Å². The second-order valence-electron chi connectivity index (χ2n) is 6.35. The highest BCUT2D eigenvalue weighted by Gasteiger charge is 2.29. The minimum Gasteiger partial charge on any atom is -0.388 e. The first kappa shape index (κ1) is 15.8. The minimum atomic E-state index is -0.304. The maximum atomic E-state index is 10.2. The van der Waals surface area contributed by atoms with Gasteiger partial charge in [-0.1, -0.05) is 36.8 Å². The molecule has 1 aromatic rings. The number of hydrogen-bond acceptors (Lipinski definition) is 2. The maximum Gasteiger partial charge on any atom is 0.0802 e. The van der Waals surface area contributed by atoms with Crippen LogP contribution in [0.15, 0.2) is 30.3 Å². The number of aliphatic hydroxyl groups is 1. The van der Waals surface area contributed by atoms with E-state index < -0.39 is 0 Å². The van der Waals surface area contributed by atoms with Crippen molar-refractivity contribution in [2.24, 2.45) is 11.8 Å². The van der Waals surface area contributed by atoms with E-state index in [4.69, 9.17) is 0 Å². The Morgan fingerprint density at radius 1 is 1.10 bits per heavy atom. The average molecular weight is 296 g/mol.